The van der Waals surface area contributed by atoms with Crippen LogP contribution < -0.4 is 11.1 Å². The van der Waals surface area contributed by atoms with Crippen molar-refractivity contribution in [3.8, 4) is 0 Å². The van der Waals surface area contributed by atoms with Crippen molar-refractivity contribution in [3.63, 3.8) is 0 Å². The Morgan fingerprint density at radius 3 is 2.85 bits per heavy atom. The number of nitrogens with one attached hydrogen (secondary N) is 1. The number of halogens is 1. The molecule has 1 aliphatic rings. The highest BCUT2D eigenvalue weighted by molar-refractivity contribution is 6.31. The first-order valence-electron chi connectivity index (χ1n) is 6.91. The number of oxime groups is 1. The third-order valence-corrected chi connectivity index (χ3v) is 4.36. The SMILES string of the molecule is CC1(C)CCC(NCc2ccc(/C(N)=N/O)cc2Cl)C1. The van der Waals surface area contributed by atoms with E-state index in [2.05, 4.69) is 24.3 Å². The van der Waals surface area contributed by atoms with Gasteiger partial charge in [-0.05, 0) is 36.3 Å². The first-order chi connectivity index (χ1) is 9.41. The van der Waals surface area contributed by atoms with E-state index < -0.39 is 0 Å². The summed E-state index contributed by atoms with van der Waals surface area (Å²) in [5.41, 5.74) is 7.65. The molecule has 1 aliphatic carbocycles. The Kier molecular flexibility index (Phi) is 4.55. The molecular formula is C15H22ClN3O. The lowest BCUT2D eigenvalue weighted by Crippen LogP contribution is -2.27. The number of nitrogens with two attached hydrogens (primary N) is 1. The lowest BCUT2D eigenvalue weighted by Gasteiger charge is -2.18. The van der Waals surface area contributed by atoms with Gasteiger partial charge in [-0.15, -0.1) is 0 Å². The van der Waals surface area contributed by atoms with Gasteiger partial charge in [-0.25, -0.2) is 0 Å². The predicted molar refractivity (Wildman–Crippen MR) is 82.2 cm³/mol. The Morgan fingerprint density at radius 2 is 2.30 bits per heavy atom. The molecule has 0 amide bonds. The molecule has 5 heteroatoms. The number of hydrogen-bond acceptors (Lipinski definition) is 3. The molecule has 0 bridgehead atoms. The molecule has 1 fully saturated rings. The van der Waals surface area contributed by atoms with E-state index in [1.165, 1.54) is 19.3 Å². The molecule has 1 atom stereocenters. The highest BCUT2D eigenvalue weighted by Crippen LogP contribution is 2.37. The molecule has 1 aromatic carbocycles. The Bertz CT molecular complexity index is 514. The van der Waals surface area contributed by atoms with Crippen LogP contribution in [-0.4, -0.2) is 17.1 Å². The fourth-order valence-corrected chi connectivity index (χ4v) is 3.02. The molecule has 0 spiro atoms. The van der Waals surface area contributed by atoms with E-state index in [1.54, 1.807) is 6.07 Å². The summed E-state index contributed by atoms with van der Waals surface area (Å²) < 4.78 is 0. The minimum Gasteiger partial charge on any atom is -0.409 e. The number of nitrogens with zero attached hydrogens (tertiary/aromatic N) is 1. The molecule has 20 heavy (non-hydrogen) atoms. The zero-order valence-electron chi connectivity index (χ0n) is 12.0. The molecular weight excluding hydrogens is 274 g/mol. The summed E-state index contributed by atoms with van der Waals surface area (Å²) >= 11 is 6.24. The topological polar surface area (TPSA) is 70.6 Å². The summed E-state index contributed by atoms with van der Waals surface area (Å²) in [4.78, 5) is 0. The van der Waals surface area contributed by atoms with Crippen LogP contribution in [0.5, 0.6) is 0 Å². The van der Waals surface area contributed by atoms with Crippen molar-refractivity contribution < 1.29 is 5.21 Å². The van der Waals surface area contributed by atoms with Crippen molar-refractivity contribution in [2.45, 2.75) is 45.7 Å². The van der Waals surface area contributed by atoms with Gasteiger partial charge in [-0.1, -0.05) is 42.7 Å². The molecule has 1 unspecified atom stereocenters. The second-order valence-corrected chi connectivity index (χ2v) is 6.68. The van der Waals surface area contributed by atoms with Gasteiger partial charge < -0.3 is 16.3 Å². The van der Waals surface area contributed by atoms with Crippen molar-refractivity contribution in [1.82, 2.24) is 5.32 Å². The highest BCUT2D eigenvalue weighted by atomic mass is 35.5. The average Bonchev–Trinajstić information content (AvgIpc) is 2.76. The lowest BCUT2D eigenvalue weighted by atomic mass is 9.92. The Labute approximate surface area is 125 Å². The molecule has 1 saturated carbocycles. The number of hydrogen-bond donors (Lipinski definition) is 3. The molecule has 0 aliphatic heterocycles. The Balaban J connectivity index is 1.97. The van der Waals surface area contributed by atoms with Gasteiger partial charge in [0.15, 0.2) is 5.84 Å². The molecule has 2 rings (SSSR count). The van der Waals surface area contributed by atoms with Crippen molar-refractivity contribution in [1.29, 1.82) is 0 Å². The maximum absolute atomic E-state index is 8.65. The molecule has 0 radical (unpaired) electrons. The lowest BCUT2D eigenvalue weighted by molar-refractivity contribution is 0.318. The third kappa shape index (κ3) is 3.64. The average molecular weight is 296 g/mol. The van der Waals surface area contributed by atoms with Crippen LogP contribution in [0.25, 0.3) is 0 Å². The van der Waals surface area contributed by atoms with E-state index in [-0.39, 0.29) is 5.84 Å². The van der Waals surface area contributed by atoms with Gasteiger partial charge in [-0.2, -0.15) is 0 Å². The molecule has 0 heterocycles. The minimum atomic E-state index is 0.0731. The summed E-state index contributed by atoms with van der Waals surface area (Å²) in [7, 11) is 0. The van der Waals surface area contributed by atoms with Gasteiger partial charge in [0.25, 0.3) is 0 Å². The second-order valence-electron chi connectivity index (χ2n) is 6.28. The van der Waals surface area contributed by atoms with Gasteiger partial charge in [0.05, 0.1) is 0 Å². The molecule has 4 nitrogen and oxygen atoms in total. The van der Waals surface area contributed by atoms with Gasteiger partial charge in [-0.3, -0.25) is 0 Å². The summed E-state index contributed by atoms with van der Waals surface area (Å²) in [6.45, 7) is 5.37. The zero-order chi connectivity index (χ0) is 14.8. The first-order valence-corrected chi connectivity index (χ1v) is 7.29. The fourth-order valence-electron chi connectivity index (χ4n) is 2.77. The monoisotopic (exact) mass is 295 g/mol. The maximum atomic E-state index is 8.65. The smallest absolute Gasteiger partial charge is 0.170 e. The molecule has 1 aromatic rings. The molecule has 0 saturated heterocycles. The molecule has 110 valence electrons. The van der Waals surface area contributed by atoms with Crippen LogP contribution >= 0.6 is 11.6 Å². The van der Waals surface area contributed by atoms with Crippen LogP contribution in [0, 0.1) is 5.41 Å². The van der Waals surface area contributed by atoms with E-state index in [4.69, 9.17) is 22.5 Å². The Hall–Kier alpha value is -1.26. The van der Waals surface area contributed by atoms with Crippen molar-refractivity contribution >= 4 is 17.4 Å². The van der Waals surface area contributed by atoms with E-state index in [0.717, 1.165) is 12.1 Å². The molecule has 0 aromatic heterocycles. The fraction of sp³-hybridized carbons (Fsp3) is 0.533. The maximum Gasteiger partial charge on any atom is 0.170 e. The summed E-state index contributed by atoms with van der Waals surface area (Å²) in [6, 6.07) is 6.02. The van der Waals surface area contributed by atoms with Crippen molar-refractivity contribution in [3.05, 3.63) is 34.3 Å². The van der Waals surface area contributed by atoms with Gasteiger partial charge >= 0.3 is 0 Å². The summed E-state index contributed by atoms with van der Waals surface area (Å²) in [5, 5.41) is 15.8. The van der Waals surface area contributed by atoms with Crippen LogP contribution in [0.1, 0.15) is 44.2 Å². The zero-order valence-corrected chi connectivity index (χ0v) is 12.7. The van der Waals surface area contributed by atoms with Gasteiger partial charge in [0.1, 0.15) is 0 Å². The van der Waals surface area contributed by atoms with Crippen LogP contribution in [0.15, 0.2) is 23.4 Å². The van der Waals surface area contributed by atoms with Gasteiger partial charge in [0.2, 0.25) is 0 Å². The van der Waals surface area contributed by atoms with Crippen LogP contribution in [0.4, 0.5) is 0 Å². The summed E-state index contributed by atoms with van der Waals surface area (Å²) in [6.07, 6.45) is 3.68. The van der Waals surface area contributed by atoms with E-state index in [1.807, 2.05) is 12.1 Å². The predicted octanol–water partition coefficient (Wildman–Crippen LogP) is 3.10. The number of benzene rings is 1. The van der Waals surface area contributed by atoms with Crippen molar-refractivity contribution in [2.75, 3.05) is 0 Å². The van der Waals surface area contributed by atoms with E-state index >= 15 is 0 Å². The third-order valence-electron chi connectivity index (χ3n) is 4.01. The van der Waals surface area contributed by atoms with Crippen LogP contribution in [-0.2, 0) is 6.54 Å². The van der Waals surface area contributed by atoms with Gasteiger partial charge in [0, 0.05) is 23.2 Å². The second kappa shape index (κ2) is 6.02. The highest BCUT2D eigenvalue weighted by Gasteiger charge is 2.30. The quantitative estimate of drug-likeness (QED) is 0.346. The van der Waals surface area contributed by atoms with Crippen LogP contribution in [0.3, 0.4) is 0 Å². The Morgan fingerprint density at radius 1 is 1.55 bits per heavy atom. The normalized spacial score (nSPS) is 22.1. The number of rotatable bonds is 4. The van der Waals surface area contributed by atoms with Crippen molar-refractivity contribution in [2.24, 2.45) is 16.3 Å². The van der Waals surface area contributed by atoms with Crippen LogP contribution in [0.2, 0.25) is 5.02 Å². The van der Waals surface area contributed by atoms with E-state index in [0.29, 0.717) is 22.0 Å². The standard InChI is InChI=1S/C15H22ClN3O/c1-15(2)6-5-12(8-15)18-9-11-4-3-10(7-13(11)16)14(17)19-20/h3-4,7,12,18,20H,5-6,8-9H2,1-2H3,(H2,17,19). The van der Waals surface area contributed by atoms with E-state index in [9.17, 15) is 0 Å². The number of amidine groups is 1. The largest absolute Gasteiger partial charge is 0.409 e. The summed E-state index contributed by atoms with van der Waals surface area (Å²) in [5.74, 6) is 0.0731. The minimum absolute atomic E-state index is 0.0731. The first kappa shape index (κ1) is 15.1. The molecule has 4 N–H and O–H groups in total.